The Morgan fingerprint density at radius 3 is 2.48 bits per heavy atom. The third-order valence-corrected chi connectivity index (χ3v) is 4.94. The lowest BCUT2D eigenvalue weighted by atomic mass is 10.1. The maximum absolute atomic E-state index is 6.12. The zero-order valence-electron chi connectivity index (χ0n) is 13.4. The van der Waals surface area contributed by atoms with E-state index in [0.717, 1.165) is 17.3 Å². The molecule has 0 saturated heterocycles. The van der Waals surface area contributed by atoms with Crippen molar-refractivity contribution in [3.63, 3.8) is 0 Å². The molecule has 0 saturated carbocycles. The van der Waals surface area contributed by atoms with Gasteiger partial charge in [-0.2, -0.15) is 0 Å². The number of thioether (sulfide) groups is 1. The van der Waals surface area contributed by atoms with E-state index in [4.69, 9.17) is 5.73 Å². The molecule has 1 aliphatic heterocycles. The van der Waals surface area contributed by atoms with Gasteiger partial charge in [0.15, 0.2) is 0 Å². The van der Waals surface area contributed by atoms with Gasteiger partial charge in [0.1, 0.15) is 6.54 Å². The first-order chi connectivity index (χ1) is 11.1. The van der Waals surface area contributed by atoms with Gasteiger partial charge in [0.05, 0.1) is 11.5 Å². The summed E-state index contributed by atoms with van der Waals surface area (Å²) in [7, 11) is 4.06. The first-order valence-electron chi connectivity index (χ1n) is 7.56. The zero-order valence-corrected chi connectivity index (χ0v) is 14.2. The van der Waals surface area contributed by atoms with Crippen LogP contribution in [-0.2, 0) is 0 Å². The SMILES string of the molecule is CN(C)c1ccc(C=N[N+]2=C(N)SC(c3ccccc3)C2)cc1. The number of hydrogen-bond acceptors (Lipinski definition) is 4. The molecular formula is C18H21N4S+. The standard InChI is InChI=1S/C18H20N4S/c1-21(2)16-10-8-14(9-11-16)12-20-22-13-17(23-18(22)19)15-6-4-3-5-7-15/h3-12,17,19H,13H2,1-2H3/p+1. The van der Waals surface area contributed by atoms with Gasteiger partial charge in [0.25, 0.3) is 0 Å². The molecule has 1 heterocycles. The van der Waals surface area contributed by atoms with Crippen molar-refractivity contribution >= 4 is 28.8 Å². The second-order valence-corrected chi connectivity index (χ2v) is 6.89. The Morgan fingerprint density at radius 1 is 1.13 bits per heavy atom. The summed E-state index contributed by atoms with van der Waals surface area (Å²) in [5.74, 6) is 0. The quantitative estimate of drug-likeness (QED) is 0.694. The smallest absolute Gasteiger partial charge is 0.330 e. The molecule has 4 nitrogen and oxygen atoms in total. The number of hydrazone groups is 1. The number of amidine groups is 1. The molecule has 0 aromatic heterocycles. The number of benzene rings is 2. The Bertz CT molecular complexity index is 720. The summed E-state index contributed by atoms with van der Waals surface area (Å²) in [6, 6.07) is 18.7. The second-order valence-electron chi connectivity index (χ2n) is 5.67. The molecule has 2 aromatic rings. The van der Waals surface area contributed by atoms with Gasteiger partial charge >= 0.3 is 5.17 Å². The number of nitrogens with two attached hydrogens (primary N) is 1. The monoisotopic (exact) mass is 325 g/mol. The van der Waals surface area contributed by atoms with E-state index in [1.54, 1.807) is 11.8 Å². The molecule has 0 fully saturated rings. The Balaban J connectivity index is 1.69. The van der Waals surface area contributed by atoms with E-state index in [2.05, 4.69) is 58.5 Å². The average Bonchev–Trinajstić information content (AvgIpc) is 2.95. The van der Waals surface area contributed by atoms with Crippen molar-refractivity contribution in [2.75, 3.05) is 25.5 Å². The fourth-order valence-electron chi connectivity index (χ4n) is 2.43. The summed E-state index contributed by atoms with van der Waals surface area (Å²) in [4.78, 5) is 2.08. The normalized spacial score (nSPS) is 17.9. The number of hydrogen-bond donors (Lipinski definition) is 1. The summed E-state index contributed by atoms with van der Waals surface area (Å²) in [6.07, 6.45) is 1.86. The lowest BCUT2D eigenvalue weighted by Crippen LogP contribution is -2.16. The third-order valence-electron chi connectivity index (χ3n) is 3.78. The number of rotatable bonds is 4. The van der Waals surface area contributed by atoms with Crippen molar-refractivity contribution in [3.8, 4) is 0 Å². The van der Waals surface area contributed by atoms with E-state index < -0.39 is 0 Å². The van der Waals surface area contributed by atoms with Gasteiger partial charge in [-0.05, 0) is 35.0 Å². The molecule has 2 aromatic carbocycles. The average molecular weight is 325 g/mol. The van der Waals surface area contributed by atoms with Crippen molar-refractivity contribution in [1.29, 1.82) is 0 Å². The lowest BCUT2D eigenvalue weighted by Gasteiger charge is -2.11. The second kappa shape index (κ2) is 6.87. The maximum atomic E-state index is 6.12. The fourth-order valence-corrected chi connectivity index (χ4v) is 3.47. The van der Waals surface area contributed by atoms with E-state index in [0.29, 0.717) is 5.25 Å². The van der Waals surface area contributed by atoms with E-state index in [1.165, 1.54) is 11.3 Å². The molecule has 5 heteroatoms. The summed E-state index contributed by atoms with van der Waals surface area (Å²) in [5, 5.41) is 5.62. The Kier molecular flexibility index (Phi) is 4.67. The van der Waals surface area contributed by atoms with Crippen LogP contribution in [0.4, 0.5) is 5.69 Å². The molecule has 0 amide bonds. The highest BCUT2D eigenvalue weighted by Gasteiger charge is 2.29. The van der Waals surface area contributed by atoms with Crippen LogP contribution >= 0.6 is 11.8 Å². The summed E-state index contributed by atoms with van der Waals surface area (Å²) >= 11 is 1.67. The topological polar surface area (TPSA) is 44.6 Å². The molecule has 23 heavy (non-hydrogen) atoms. The first kappa shape index (κ1) is 15.6. The van der Waals surface area contributed by atoms with Crippen LogP contribution < -0.4 is 10.6 Å². The molecule has 1 atom stereocenters. The highest BCUT2D eigenvalue weighted by molar-refractivity contribution is 8.13. The van der Waals surface area contributed by atoms with Gasteiger partial charge < -0.3 is 4.90 Å². The van der Waals surface area contributed by atoms with Crippen molar-refractivity contribution in [1.82, 2.24) is 0 Å². The van der Waals surface area contributed by atoms with Crippen molar-refractivity contribution in [3.05, 3.63) is 65.7 Å². The van der Waals surface area contributed by atoms with E-state index >= 15 is 0 Å². The molecular weight excluding hydrogens is 304 g/mol. The zero-order chi connectivity index (χ0) is 16.2. The minimum Gasteiger partial charge on any atom is -0.378 e. The van der Waals surface area contributed by atoms with E-state index in [9.17, 15) is 0 Å². The van der Waals surface area contributed by atoms with Crippen molar-refractivity contribution < 1.29 is 4.68 Å². The lowest BCUT2D eigenvalue weighted by molar-refractivity contribution is -0.527. The molecule has 0 spiro atoms. The fraction of sp³-hybridized carbons (Fsp3) is 0.222. The molecule has 1 aliphatic rings. The molecule has 118 valence electrons. The predicted octanol–water partition coefficient (Wildman–Crippen LogP) is 2.90. The molecule has 0 radical (unpaired) electrons. The van der Waals surface area contributed by atoms with Crippen molar-refractivity contribution in [2.24, 2.45) is 10.8 Å². The highest BCUT2D eigenvalue weighted by atomic mass is 32.2. The van der Waals surface area contributed by atoms with Crippen LogP contribution in [-0.4, -0.2) is 36.7 Å². The molecule has 0 bridgehead atoms. The van der Waals surface area contributed by atoms with Crippen LogP contribution in [0.25, 0.3) is 0 Å². The first-order valence-corrected chi connectivity index (χ1v) is 8.44. The predicted molar refractivity (Wildman–Crippen MR) is 99.5 cm³/mol. The number of anilines is 1. The maximum Gasteiger partial charge on any atom is 0.330 e. The van der Waals surface area contributed by atoms with Gasteiger partial charge in [0.2, 0.25) is 0 Å². The largest absolute Gasteiger partial charge is 0.378 e. The Hall–Kier alpha value is -2.27. The van der Waals surface area contributed by atoms with Gasteiger partial charge in [-0.15, -0.1) is 4.68 Å². The minimum absolute atomic E-state index is 0.337. The summed E-state index contributed by atoms with van der Waals surface area (Å²) in [6.45, 7) is 0.798. The van der Waals surface area contributed by atoms with Crippen LogP contribution in [0.3, 0.4) is 0 Å². The summed E-state index contributed by atoms with van der Waals surface area (Å²) < 4.78 is 1.88. The molecule has 0 aliphatic carbocycles. The number of nitrogens with zero attached hydrogens (tertiary/aromatic N) is 3. The Labute approximate surface area is 141 Å². The van der Waals surface area contributed by atoms with Gasteiger partial charge in [-0.3, -0.25) is 5.73 Å². The molecule has 3 rings (SSSR count). The van der Waals surface area contributed by atoms with Crippen molar-refractivity contribution in [2.45, 2.75) is 5.25 Å². The van der Waals surface area contributed by atoms with Crippen LogP contribution in [0, 0.1) is 0 Å². The summed E-state index contributed by atoms with van der Waals surface area (Å²) in [5.41, 5.74) is 9.65. The van der Waals surface area contributed by atoms with Gasteiger partial charge in [-0.25, -0.2) is 0 Å². The van der Waals surface area contributed by atoms with Crippen LogP contribution in [0.5, 0.6) is 0 Å². The van der Waals surface area contributed by atoms with Crippen LogP contribution in [0.2, 0.25) is 0 Å². The molecule has 1 unspecified atom stereocenters. The van der Waals surface area contributed by atoms with Crippen LogP contribution in [0.1, 0.15) is 16.4 Å². The molecule has 2 N–H and O–H groups in total. The highest BCUT2D eigenvalue weighted by Crippen LogP contribution is 2.33. The van der Waals surface area contributed by atoms with E-state index in [-0.39, 0.29) is 0 Å². The third kappa shape index (κ3) is 3.74. The van der Waals surface area contributed by atoms with Gasteiger partial charge in [0, 0.05) is 19.8 Å². The van der Waals surface area contributed by atoms with Gasteiger partial charge in [-0.1, -0.05) is 47.6 Å². The van der Waals surface area contributed by atoms with E-state index in [1.807, 2.05) is 31.1 Å². The minimum atomic E-state index is 0.337. The Morgan fingerprint density at radius 2 is 1.83 bits per heavy atom. The van der Waals surface area contributed by atoms with Crippen LogP contribution in [0.15, 0.2) is 59.7 Å².